The van der Waals surface area contributed by atoms with Gasteiger partial charge in [-0.1, -0.05) is 43.0 Å². The van der Waals surface area contributed by atoms with Crippen molar-refractivity contribution in [3.63, 3.8) is 0 Å². The van der Waals surface area contributed by atoms with Crippen LogP contribution in [0.15, 0.2) is 61.2 Å². The number of hydrogen-bond acceptors (Lipinski definition) is 6. The van der Waals surface area contributed by atoms with E-state index in [9.17, 15) is 9.59 Å². The van der Waals surface area contributed by atoms with E-state index >= 15 is 0 Å². The largest absolute Gasteiger partial charge is 0.368 e. The molecule has 0 spiro atoms. The minimum absolute atomic E-state index is 0.0342. The number of nitrogens with one attached hydrogen (secondary N) is 1. The lowest BCUT2D eigenvalue weighted by Gasteiger charge is -2.39. The quantitative estimate of drug-likeness (QED) is 0.491. The molecule has 8 heteroatoms. The first kappa shape index (κ1) is 25.7. The molecule has 2 aliphatic rings. The lowest BCUT2D eigenvalue weighted by molar-refractivity contribution is -0.126. The molecular formula is C30H36N6O2. The fourth-order valence-electron chi connectivity index (χ4n) is 5.39. The summed E-state index contributed by atoms with van der Waals surface area (Å²) >= 11 is 0. The first-order valence-corrected chi connectivity index (χ1v) is 13.3. The van der Waals surface area contributed by atoms with E-state index in [0.717, 1.165) is 30.9 Å². The Morgan fingerprint density at radius 2 is 1.76 bits per heavy atom. The molecule has 1 aromatic heterocycles. The van der Waals surface area contributed by atoms with E-state index in [1.165, 1.54) is 28.1 Å². The van der Waals surface area contributed by atoms with Crippen LogP contribution in [0.3, 0.4) is 0 Å². The van der Waals surface area contributed by atoms with Crippen molar-refractivity contribution in [2.45, 2.75) is 13.0 Å². The smallest absolute Gasteiger partial charge is 0.270 e. The minimum atomic E-state index is -0.154. The normalized spacial score (nSPS) is 15.5. The third kappa shape index (κ3) is 5.36. The molecule has 0 radical (unpaired) electrons. The first-order chi connectivity index (χ1) is 18.4. The van der Waals surface area contributed by atoms with Gasteiger partial charge in [0.05, 0.1) is 12.2 Å². The summed E-state index contributed by atoms with van der Waals surface area (Å²) in [5.74, 6) is -0.188. The maximum atomic E-state index is 13.2. The van der Waals surface area contributed by atoms with Crippen molar-refractivity contribution in [2.75, 3.05) is 69.7 Å². The van der Waals surface area contributed by atoms with Crippen LogP contribution in [-0.2, 0) is 17.8 Å². The van der Waals surface area contributed by atoms with E-state index < -0.39 is 0 Å². The number of hydrogen-bond donors (Lipinski definition) is 1. The molecule has 0 saturated carbocycles. The van der Waals surface area contributed by atoms with Gasteiger partial charge in [0.1, 0.15) is 5.69 Å². The van der Waals surface area contributed by atoms with Gasteiger partial charge in [-0.3, -0.25) is 9.59 Å². The van der Waals surface area contributed by atoms with E-state index in [1.54, 1.807) is 0 Å². The van der Waals surface area contributed by atoms with Gasteiger partial charge < -0.3 is 24.9 Å². The predicted molar refractivity (Wildman–Crippen MR) is 153 cm³/mol. The Morgan fingerprint density at radius 1 is 1.00 bits per heavy atom. The molecule has 8 nitrogen and oxygen atoms in total. The van der Waals surface area contributed by atoms with Crippen LogP contribution in [0.1, 0.15) is 21.7 Å². The number of anilines is 2. The van der Waals surface area contributed by atoms with Crippen LogP contribution in [0.25, 0.3) is 10.8 Å². The Labute approximate surface area is 224 Å². The molecule has 198 valence electrons. The molecule has 0 atom stereocenters. The number of benzene rings is 2. The van der Waals surface area contributed by atoms with Crippen LogP contribution in [0.2, 0.25) is 0 Å². The van der Waals surface area contributed by atoms with Crippen molar-refractivity contribution >= 4 is 34.0 Å². The summed E-state index contributed by atoms with van der Waals surface area (Å²) in [4.78, 5) is 38.7. The Balaban J connectivity index is 1.46. The number of likely N-dealkylation sites (N-methyl/N-ethyl adjacent to an activating group) is 1. The molecule has 1 N–H and O–H groups in total. The zero-order valence-corrected chi connectivity index (χ0v) is 22.3. The molecule has 38 heavy (non-hydrogen) atoms. The van der Waals surface area contributed by atoms with Gasteiger partial charge in [0.2, 0.25) is 5.91 Å². The Bertz CT molecular complexity index is 1340. The molecule has 2 aromatic carbocycles. The van der Waals surface area contributed by atoms with Crippen LogP contribution in [0.4, 0.5) is 11.4 Å². The highest BCUT2D eigenvalue weighted by Gasteiger charge is 2.28. The monoisotopic (exact) mass is 512 g/mol. The first-order valence-electron chi connectivity index (χ1n) is 13.3. The number of piperazine rings is 1. The number of aromatic nitrogens is 1. The molecule has 0 unspecified atom stereocenters. The van der Waals surface area contributed by atoms with Crippen LogP contribution in [0, 0.1) is 0 Å². The van der Waals surface area contributed by atoms with Crippen molar-refractivity contribution in [1.29, 1.82) is 0 Å². The van der Waals surface area contributed by atoms with Crippen LogP contribution >= 0.6 is 0 Å². The highest BCUT2D eigenvalue weighted by atomic mass is 16.2. The standard InChI is InChI=1S/C30H36N6O2/c1-4-29(37)35-18-16-34(17-19-35)28-20-25(30(38)31-13-15-33(2)3)32-26-21-36(14-12-24(26)28)27-11-7-9-22-8-5-6-10-23(22)27/h4-11,20H,1,12-19,21H2,2-3H3,(H,31,38). The van der Waals surface area contributed by atoms with E-state index in [1.807, 2.05) is 30.0 Å². The molecule has 2 aliphatic heterocycles. The van der Waals surface area contributed by atoms with Crippen molar-refractivity contribution < 1.29 is 9.59 Å². The van der Waals surface area contributed by atoms with Crippen molar-refractivity contribution in [2.24, 2.45) is 0 Å². The average molecular weight is 513 g/mol. The van der Waals surface area contributed by atoms with Gasteiger partial charge >= 0.3 is 0 Å². The number of amides is 2. The zero-order valence-electron chi connectivity index (χ0n) is 22.3. The van der Waals surface area contributed by atoms with E-state index in [0.29, 0.717) is 45.0 Å². The molecule has 0 bridgehead atoms. The van der Waals surface area contributed by atoms with E-state index in [4.69, 9.17) is 4.98 Å². The van der Waals surface area contributed by atoms with Gasteiger partial charge in [0.15, 0.2) is 0 Å². The number of pyridine rings is 1. The molecule has 3 heterocycles. The summed E-state index contributed by atoms with van der Waals surface area (Å²) < 4.78 is 0. The topological polar surface area (TPSA) is 72.0 Å². The molecular weight excluding hydrogens is 476 g/mol. The van der Waals surface area contributed by atoms with Crippen LogP contribution in [-0.4, -0.2) is 86.5 Å². The zero-order chi connectivity index (χ0) is 26.6. The van der Waals surface area contributed by atoms with Gasteiger partial charge in [-0.15, -0.1) is 0 Å². The lowest BCUT2D eigenvalue weighted by atomic mass is 9.98. The SMILES string of the molecule is C=CC(=O)N1CCN(c2cc(C(=O)NCCN(C)C)nc3c2CCN(c2cccc4ccccc24)C3)CC1. The third-order valence-corrected chi connectivity index (χ3v) is 7.45. The summed E-state index contributed by atoms with van der Waals surface area (Å²) in [6, 6.07) is 16.8. The van der Waals surface area contributed by atoms with Crippen molar-refractivity contribution in [3.8, 4) is 0 Å². The molecule has 1 saturated heterocycles. The summed E-state index contributed by atoms with van der Waals surface area (Å²) in [5.41, 5.74) is 4.85. The Morgan fingerprint density at radius 3 is 2.53 bits per heavy atom. The maximum absolute atomic E-state index is 13.2. The number of rotatable bonds is 7. The van der Waals surface area contributed by atoms with Gasteiger partial charge in [-0.25, -0.2) is 4.98 Å². The second kappa shape index (κ2) is 11.2. The van der Waals surface area contributed by atoms with Gasteiger partial charge in [0, 0.05) is 68.1 Å². The summed E-state index contributed by atoms with van der Waals surface area (Å²) in [5, 5.41) is 5.46. The highest BCUT2D eigenvalue weighted by Crippen LogP contribution is 2.34. The van der Waals surface area contributed by atoms with Crippen LogP contribution < -0.4 is 15.1 Å². The summed E-state index contributed by atoms with van der Waals surface area (Å²) in [6.45, 7) is 9.15. The molecule has 0 aliphatic carbocycles. The molecule has 3 aromatic rings. The van der Waals surface area contributed by atoms with Crippen molar-refractivity contribution in [1.82, 2.24) is 20.1 Å². The fourth-order valence-corrected chi connectivity index (χ4v) is 5.39. The number of nitrogens with zero attached hydrogens (tertiary/aromatic N) is 5. The predicted octanol–water partition coefficient (Wildman–Crippen LogP) is 2.92. The second-order valence-corrected chi connectivity index (χ2v) is 10.2. The van der Waals surface area contributed by atoms with Gasteiger partial charge in [-0.2, -0.15) is 0 Å². The summed E-state index contributed by atoms with van der Waals surface area (Å²) in [7, 11) is 3.97. The average Bonchev–Trinajstić information content (AvgIpc) is 2.95. The molecule has 2 amide bonds. The number of carbonyl (C=O) groups excluding carboxylic acids is 2. The fraction of sp³-hybridized carbons (Fsp3) is 0.367. The van der Waals surface area contributed by atoms with Gasteiger partial charge in [0.25, 0.3) is 5.91 Å². The molecule has 1 fully saturated rings. The van der Waals surface area contributed by atoms with Gasteiger partial charge in [-0.05, 0) is 44.1 Å². The summed E-state index contributed by atoms with van der Waals surface area (Å²) in [6.07, 6.45) is 2.22. The highest BCUT2D eigenvalue weighted by molar-refractivity contribution is 5.95. The number of fused-ring (bicyclic) bond motifs is 2. The van der Waals surface area contributed by atoms with Crippen molar-refractivity contribution in [3.05, 3.63) is 78.1 Å². The minimum Gasteiger partial charge on any atom is -0.368 e. The lowest BCUT2D eigenvalue weighted by Crippen LogP contribution is -2.49. The van der Waals surface area contributed by atoms with E-state index in [-0.39, 0.29) is 11.8 Å². The second-order valence-electron chi connectivity index (χ2n) is 10.2. The van der Waals surface area contributed by atoms with E-state index in [2.05, 4.69) is 64.2 Å². The van der Waals surface area contributed by atoms with Crippen LogP contribution in [0.5, 0.6) is 0 Å². The Hall–Kier alpha value is -3.91. The Kier molecular flexibility index (Phi) is 7.60. The number of carbonyl (C=O) groups is 2. The third-order valence-electron chi connectivity index (χ3n) is 7.45. The maximum Gasteiger partial charge on any atom is 0.270 e. The molecule has 5 rings (SSSR count).